The van der Waals surface area contributed by atoms with Crippen molar-refractivity contribution in [2.24, 2.45) is 0 Å². The summed E-state index contributed by atoms with van der Waals surface area (Å²) in [6.45, 7) is 9.97. The molecule has 0 aliphatic carbocycles. The molecule has 2 atom stereocenters. The number of ether oxygens (including phenoxy) is 1. The van der Waals surface area contributed by atoms with E-state index < -0.39 is 10.0 Å². The number of nitrogens with zero attached hydrogens (tertiary/aromatic N) is 2. The van der Waals surface area contributed by atoms with Crippen molar-refractivity contribution in [1.82, 2.24) is 14.5 Å². The van der Waals surface area contributed by atoms with Crippen molar-refractivity contribution in [2.45, 2.75) is 38.0 Å². The van der Waals surface area contributed by atoms with E-state index in [4.69, 9.17) is 4.74 Å². The summed E-state index contributed by atoms with van der Waals surface area (Å²) in [7, 11) is -3.18. The summed E-state index contributed by atoms with van der Waals surface area (Å²) < 4.78 is 32.2. The maximum Gasteiger partial charge on any atom is 0.218 e. The molecule has 0 aromatic rings. The van der Waals surface area contributed by atoms with E-state index in [1.54, 1.807) is 11.2 Å². The molecular formula is C14H29N3O3S. The number of sulfonamides is 1. The monoisotopic (exact) mass is 319 g/mol. The lowest BCUT2D eigenvalue weighted by Gasteiger charge is -2.32. The zero-order valence-corrected chi connectivity index (χ0v) is 14.1. The number of hydrogen-bond donors (Lipinski definition) is 1. The molecule has 7 heteroatoms. The lowest BCUT2D eigenvalue weighted by molar-refractivity contribution is 0.0196. The van der Waals surface area contributed by atoms with Gasteiger partial charge in [-0.25, -0.2) is 12.7 Å². The minimum absolute atomic E-state index is 0.354. The van der Waals surface area contributed by atoms with Crippen LogP contribution in [0.1, 0.15) is 26.7 Å². The minimum Gasteiger partial charge on any atom is -0.379 e. The van der Waals surface area contributed by atoms with Crippen LogP contribution in [0.15, 0.2) is 0 Å². The highest BCUT2D eigenvalue weighted by Crippen LogP contribution is 2.21. The molecule has 2 heterocycles. The van der Waals surface area contributed by atoms with Crippen LogP contribution in [0.4, 0.5) is 0 Å². The van der Waals surface area contributed by atoms with E-state index in [0.717, 1.165) is 45.7 Å². The van der Waals surface area contributed by atoms with Gasteiger partial charge in [0, 0.05) is 38.8 Å². The first kappa shape index (κ1) is 17.1. The topological polar surface area (TPSA) is 61.9 Å². The van der Waals surface area contributed by atoms with Crippen molar-refractivity contribution < 1.29 is 13.2 Å². The largest absolute Gasteiger partial charge is 0.379 e. The summed E-state index contributed by atoms with van der Waals surface area (Å²) in [5, 5.41) is 2.85. The Labute approximate surface area is 128 Å². The molecule has 21 heavy (non-hydrogen) atoms. The first-order chi connectivity index (χ1) is 10.1. The molecule has 0 saturated carbocycles. The summed E-state index contributed by atoms with van der Waals surface area (Å²) in [5.74, 6) is 0. The second-order valence-electron chi connectivity index (χ2n) is 6.01. The third-order valence-electron chi connectivity index (χ3n) is 4.42. The molecule has 2 aliphatic heterocycles. The van der Waals surface area contributed by atoms with Gasteiger partial charge in [-0.15, -0.1) is 0 Å². The first-order valence-corrected chi connectivity index (χ1v) is 9.57. The fraction of sp³-hybridized carbons (Fsp3) is 1.00. The van der Waals surface area contributed by atoms with Gasteiger partial charge in [-0.1, -0.05) is 6.92 Å². The van der Waals surface area contributed by atoms with Gasteiger partial charge in [0.15, 0.2) is 0 Å². The highest BCUT2D eigenvalue weighted by Gasteiger charge is 2.37. The molecule has 2 rings (SSSR count). The zero-order chi connectivity index (χ0) is 15.3. The van der Waals surface area contributed by atoms with Crippen LogP contribution in [0.25, 0.3) is 0 Å². The van der Waals surface area contributed by atoms with Gasteiger partial charge in [0.1, 0.15) is 0 Å². The van der Waals surface area contributed by atoms with Crippen molar-refractivity contribution in [3.63, 3.8) is 0 Å². The molecule has 0 radical (unpaired) electrons. The fourth-order valence-electron chi connectivity index (χ4n) is 3.02. The highest BCUT2D eigenvalue weighted by atomic mass is 32.2. The summed E-state index contributed by atoms with van der Waals surface area (Å²) >= 11 is 0. The Hall–Kier alpha value is -0.210. The Morgan fingerprint density at radius 1 is 1.29 bits per heavy atom. The molecule has 2 fully saturated rings. The number of morpholine rings is 1. The maximum atomic E-state index is 12.6. The van der Waals surface area contributed by atoms with Crippen molar-refractivity contribution in [2.75, 3.05) is 52.5 Å². The Bertz CT molecular complexity index is 410. The SMILES string of the molecule is CCCNCC(C)S(=O)(=O)N1CCC(N2CCOCC2)C1. The van der Waals surface area contributed by atoms with Crippen LogP contribution in [0.5, 0.6) is 0 Å². The molecule has 6 nitrogen and oxygen atoms in total. The van der Waals surface area contributed by atoms with Gasteiger partial charge >= 0.3 is 0 Å². The van der Waals surface area contributed by atoms with Crippen LogP contribution in [0, 0.1) is 0 Å². The third-order valence-corrected chi connectivity index (χ3v) is 6.65. The molecule has 124 valence electrons. The van der Waals surface area contributed by atoms with E-state index in [2.05, 4.69) is 17.1 Å². The van der Waals surface area contributed by atoms with Crippen molar-refractivity contribution in [3.05, 3.63) is 0 Å². The van der Waals surface area contributed by atoms with E-state index in [-0.39, 0.29) is 5.25 Å². The normalized spacial score (nSPS) is 27.0. The van der Waals surface area contributed by atoms with Gasteiger partial charge in [0.2, 0.25) is 10.0 Å². The highest BCUT2D eigenvalue weighted by molar-refractivity contribution is 7.89. The molecule has 2 saturated heterocycles. The number of nitrogens with one attached hydrogen (secondary N) is 1. The lowest BCUT2D eigenvalue weighted by Crippen LogP contribution is -2.46. The Morgan fingerprint density at radius 3 is 2.67 bits per heavy atom. The minimum atomic E-state index is -3.18. The van der Waals surface area contributed by atoms with Crippen LogP contribution < -0.4 is 5.32 Å². The Balaban J connectivity index is 1.86. The van der Waals surface area contributed by atoms with Crippen LogP contribution in [0.3, 0.4) is 0 Å². The van der Waals surface area contributed by atoms with Crippen molar-refractivity contribution >= 4 is 10.0 Å². The summed E-state index contributed by atoms with van der Waals surface area (Å²) in [6, 6.07) is 0.361. The van der Waals surface area contributed by atoms with Gasteiger partial charge in [0.05, 0.1) is 18.5 Å². The standard InChI is InChI=1S/C14H29N3O3S/c1-3-5-15-11-13(2)21(18,19)17-6-4-14(12-17)16-7-9-20-10-8-16/h13-15H,3-12H2,1-2H3. The summed E-state index contributed by atoms with van der Waals surface area (Å²) in [6.07, 6.45) is 1.96. The number of hydrogen-bond acceptors (Lipinski definition) is 5. The predicted molar refractivity (Wildman–Crippen MR) is 83.9 cm³/mol. The van der Waals surface area contributed by atoms with Crippen molar-refractivity contribution in [3.8, 4) is 0 Å². The van der Waals surface area contributed by atoms with E-state index in [0.29, 0.717) is 25.7 Å². The van der Waals surface area contributed by atoms with Gasteiger partial charge < -0.3 is 10.1 Å². The molecule has 2 aliphatic rings. The summed E-state index contributed by atoms with van der Waals surface area (Å²) in [5.41, 5.74) is 0. The molecule has 0 spiro atoms. The average molecular weight is 319 g/mol. The molecule has 0 amide bonds. The van der Waals surface area contributed by atoms with Gasteiger partial charge in [0.25, 0.3) is 0 Å². The third kappa shape index (κ3) is 4.39. The molecule has 1 N–H and O–H groups in total. The first-order valence-electron chi connectivity index (χ1n) is 8.07. The van der Waals surface area contributed by atoms with E-state index in [1.807, 2.05) is 0 Å². The zero-order valence-electron chi connectivity index (χ0n) is 13.3. The van der Waals surface area contributed by atoms with Crippen molar-refractivity contribution in [1.29, 1.82) is 0 Å². The lowest BCUT2D eigenvalue weighted by atomic mass is 10.2. The Kier molecular flexibility index (Phi) is 6.43. The molecule has 0 aromatic carbocycles. The smallest absolute Gasteiger partial charge is 0.218 e. The molecular weight excluding hydrogens is 290 g/mol. The quantitative estimate of drug-likeness (QED) is 0.675. The second kappa shape index (κ2) is 7.87. The van der Waals surface area contributed by atoms with E-state index in [1.165, 1.54) is 0 Å². The van der Waals surface area contributed by atoms with Crippen LogP contribution in [-0.4, -0.2) is 81.4 Å². The van der Waals surface area contributed by atoms with Crippen LogP contribution in [-0.2, 0) is 14.8 Å². The van der Waals surface area contributed by atoms with Crippen LogP contribution >= 0.6 is 0 Å². The maximum absolute atomic E-state index is 12.6. The van der Waals surface area contributed by atoms with Gasteiger partial charge in [-0.3, -0.25) is 4.90 Å². The van der Waals surface area contributed by atoms with Gasteiger partial charge in [-0.05, 0) is 26.3 Å². The molecule has 2 unspecified atom stereocenters. The van der Waals surface area contributed by atoms with E-state index in [9.17, 15) is 8.42 Å². The second-order valence-corrected chi connectivity index (χ2v) is 8.36. The number of rotatable bonds is 7. The molecule has 0 aromatic heterocycles. The van der Waals surface area contributed by atoms with E-state index >= 15 is 0 Å². The fourth-order valence-corrected chi connectivity index (χ4v) is 4.60. The average Bonchev–Trinajstić information content (AvgIpc) is 2.99. The summed E-state index contributed by atoms with van der Waals surface area (Å²) in [4.78, 5) is 2.37. The Morgan fingerprint density at radius 2 is 2.00 bits per heavy atom. The van der Waals surface area contributed by atoms with Crippen LogP contribution in [0.2, 0.25) is 0 Å². The predicted octanol–water partition coefficient (Wildman–Crippen LogP) is 0.111. The molecule has 0 bridgehead atoms. The van der Waals surface area contributed by atoms with Gasteiger partial charge in [-0.2, -0.15) is 0 Å².